The van der Waals surface area contributed by atoms with Gasteiger partial charge in [-0.05, 0) is 67.8 Å². The number of carbonyl (C=O) groups is 1. The minimum Gasteiger partial charge on any atom is -0.481 e. The van der Waals surface area contributed by atoms with Gasteiger partial charge in [0.15, 0.2) is 6.10 Å². The Hall–Kier alpha value is -3.32. The van der Waals surface area contributed by atoms with Gasteiger partial charge in [0, 0.05) is 5.69 Å². The standard InChI is InChI=1S/C24H26N2O4S/c1-4-19-10-6-8-12-23(19)30-18(3)24(27)25-20-13-15-21(16-14-20)31(28,29)26-22-11-7-5-9-17(22)2/h5-16,18,26H,4H2,1-3H3,(H,25,27)/t18-/m0/s1. The fraction of sp³-hybridized carbons (Fsp3) is 0.208. The number of hydrogen-bond donors (Lipinski definition) is 2. The Morgan fingerprint density at radius 3 is 2.29 bits per heavy atom. The van der Waals surface area contributed by atoms with Gasteiger partial charge in [0.05, 0.1) is 10.6 Å². The molecule has 3 aromatic carbocycles. The van der Waals surface area contributed by atoms with E-state index in [-0.39, 0.29) is 10.8 Å². The number of rotatable bonds is 8. The Kier molecular flexibility index (Phi) is 6.97. The summed E-state index contributed by atoms with van der Waals surface area (Å²) in [5.41, 5.74) is 2.86. The van der Waals surface area contributed by atoms with Crippen LogP contribution in [0.1, 0.15) is 25.0 Å². The molecule has 0 spiro atoms. The Morgan fingerprint density at radius 1 is 0.968 bits per heavy atom. The normalized spacial score (nSPS) is 12.1. The number of nitrogens with one attached hydrogen (secondary N) is 2. The fourth-order valence-electron chi connectivity index (χ4n) is 3.01. The van der Waals surface area contributed by atoms with Crippen LogP contribution in [0.5, 0.6) is 5.75 Å². The van der Waals surface area contributed by atoms with Gasteiger partial charge in [-0.2, -0.15) is 0 Å². The molecule has 0 radical (unpaired) electrons. The lowest BCUT2D eigenvalue weighted by atomic mass is 10.1. The summed E-state index contributed by atoms with van der Waals surface area (Å²) in [5, 5.41) is 2.76. The van der Waals surface area contributed by atoms with E-state index < -0.39 is 16.1 Å². The number of carbonyl (C=O) groups excluding carboxylic acids is 1. The number of ether oxygens (including phenoxy) is 1. The van der Waals surface area contributed by atoms with Gasteiger partial charge >= 0.3 is 0 Å². The van der Waals surface area contributed by atoms with Crippen LogP contribution in [-0.2, 0) is 21.2 Å². The number of aryl methyl sites for hydroxylation is 2. The number of hydrogen-bond acceptors (Lipinski definition) is 4. The topological polar surface area (TPSA) is 84.5 Å². The van der Waals surface area contributed by atoms with E-state index in [2.05, 4.69) is 10.0 Å². The van der Waals surface area contributed by atoms with Crippen molar-refractivity contribution in [2.45, 2.75) is 38.2 Å². The molecule has 0 aromatic heterocycles. The second-order valence-electron chi connectivity index (χ2n) is 7.16. The number of sulfonamides is 1. The van der Waals surface area contributed by atoms with Gasteiger partial charge in [0.2, 0.25) is 0 Å². The van der Waals surface area contributed by atoms with Gasteiger partial charge in [-0.3, -0.25) is 9.52 Å². The average molecular weight is 439 g/mol. The van der Waals surface area contributed by atoms with E-state index >= 15 is 0 Å². The van der Waals surface area contributed by atoms with Crippen molar-refractivity contribution in [3.8, 4) is 5.75 Å². The fourth-order valence-corrected chi connectivity index (χ4v) is 4.14. The van der Waals surface area contributed by atoms with Crippen molar-refractivity contribution in [1.29, 1.82) is 0 Å². The van der Waals surface area contributed by atoms with Crippen LogP contribution in [0.25, 0.3) is 0 Å². The number of amides is 1. The van der Waals surface area contributed by atoms with Crippen molar-refractivity contribution in [1.82, 2.24) is 0 Å². The van der Waals surface area contributed by atoms with Gasteiger partial charge in [-0.15, -0.1) is 0 Å². The number of para-hydroxylation sites is 2. The molecule has 0 heterocycles. The van der Waals surface area contributed by atoms with Crippen LogP contribution in [0.3, 0.4) is 0 Å². The molecule has 2 N–H and O–H groups in total. The molecule has 31 heavy (non-hydrogen) atoms. The molecule has 1 atom stereocenters. The summed E-state index contributed by atoms with van der Waals surface area (Å²) in [7, 11) is -3.73. The molecule has 6 nitrogen and oxygen atoms in total. The van der Waals surface area contributed by atoms with Crippen LogP contribution in [0, 0.1) is 6.92 Å². The summed E-state index contributed by atoms with van der Waals surface area (Å²) in [4.78, 5) is 12.6. The summed E-state index contributed by atoms with van der Waals surface area (Å²) in [6, 6.07) is 20.8. The molecule has 0 saturated carbocycles. The van der Waals surface area contributed by atoms with Crippen molar-refractivity contribution in [3.05, 3.63) is 83.9 Å². The minimum atomic E-state index is -3.73. The van der Waals surface area contributed by atoms with Gasteiger partial charge in [0.1, 0.15) is 5.75 Å². The summed E-state index contributed by atoms with van der Waals surface area (Å²) in [6.45, 7) is 5.53. The molecule has 0 saturated heterocycles. The quantitative estimate of drug-likeness (QED) is 0.531. The summed E-state index contributed by atoms with van der Waals surface area (Å²) in [6.07, 6.45) is 0.0932. The monoisotopic (exact) mass is 438 g/mol. The van der Waals surface area contributed by atoms with Crippen LogP contribution in [0.4, 0.5) is 11.4 Å². The SMILES string of the molecule is CCc1ccccc1O[C@@H](C)C(=O)Nc1ccc(S(=O)(=O)Nc2ccccc2C)cc1. The van der Waals surface area contributed by atoms with Crippen LogP contribution in [0.2, 0.25) is 0 Å². The lowest BCUT2D eigenvalue weighted by molar-refractivity contribution is -0.122. The first-order valence-corrected chi connectivity index (χ1v) is 11.5. The second kappa shape index (κ2) is 9.66. The maximum atomic E-state index is 12.6. The van der Waals surface area contributed by atoms with Crippen molar-refractivity contribution in [3.63, 3.8) is 0 Å². The van der Waals surface area contributed by atoms with Crippen LogP contribution >= 0.6 is 0 Å². The number of benzene rings is 3. The molecule has 0 fully saturated rings. The Balaban J connectivity index is 1.65. The van der Waals surface area contributed by atoms with E-state index in [1.165, 1.54) is 12.1 Å². The third-order valence-electron chi connectivity index (χ3n) is 4.85. The Morgan fingerprint density at radius 2 is 1.61 bits per heavy atom. The maximum absolute atomic E-state index is 12.6. The van der Waals surface area contributed by atoms with Crippen LogP contribution < -0.4 is 14.8 Å². The first kappa shape index (κ1) is 22.4. The smallest absolute Gasteiger partial charge is 0.265 e. The second-order valence-corrected chi connectivity index (χ2v) is 8.84. The van der Waals surface area contributed by atoms with Gasteiger partial charge in [0.25, 0.3) is 15.9 Å². The maximum Gasteiger partial charge on any atom is 0.265 e. The molecule has 0 aliphatic heterocycles. The summed E-state index contributed by atoms with van der Waals surface area (Å²) >= 11 is 0. The van der Waals surface area contributed by atoms with E-state index in [4.69, 9.17) is 4.74 Å². The molecule has 0 unspecified atom stereocenters. The highest BCUT2D eigenvalue weighted by Crippen LogP contribution is 2.22. The van der Waals surface area contributed by atoms with Crippen molar-refractivity contribution in [2.24, 2.45) is 0 Å². The molecule has 3 aromatic rings. The van der Waals surface area contributed by atoms with E-state index in [9.17, 15) is 13.2 Å². The summed E-state index contributed by atoms with van der Waals surface area (Å²) in [5.74, 6) is 0.357. The van der Waals surface area contributed by atoms with Gasteiger partial charge in [-0.25, -0.2) is 8.42 Å². The molecular formula is C24H26N2O4S. The van der Waals surface area contributed by atoms with Crippen LogP contribution in [0.15, 0.2) is 77.7 Å². The first-order chi connectivity index (χ1) is 14.8. The molecule has 7 heteroatoms. The van der Waals surface area contributed by atoms with Gasteiger partial charge in [-0.1, -0.05) is 43.3 Å². The largest absolute Gasteiger partial charge is 0.481 e. The van der Waals surface area contributed by atoms with E-state index in [1.54, 1.807) is 31.2 Å². The van der Waals surface area contributed by atoms with Crippen molar-refractivity contribution >= 4 is 27.3 Å². The molecular weight excluding hydrogens is 412 g/mol. The highest BCUT2D eigenvalue weighted by atomic mass is 32.2. The van der Waals surface area contributed by atoms with E-state index in [0.29, 0.717) is 17.1 Å². The predicted molar refractivity (Wildman–Crippen MR) is 123 cm³/mol. The molecule has 0 bridgehead atoms. The average Bonchev–Trinajstić information content (AvgIpc) is 2.76. The zero-order chi connectivity index (χ0) is 22.4. The number of anilines is 2. The van der Waals surface area contributed by atoms with E-state index in [1.807, 2.05) is 50.2 Å². The third kappa shape index (κ3) is 5.64. The minimum absolute atomic E-state index is 0.106. The lowest BCUT2D eigenvalue weighted by Crippen LogP contribution is -2.30. The molecule has 162 valence electrons. The van der Waals surface area contributed by atoms with Gasteiger partial charge < -0.3 is 10.1 Å². The Labute approximate surface area is 183 Å². The van der Waals surface area contributed by atoms with Crippen molar-refractivity contribution in [2.75, 3.05) is 10.0 Å². The zero-order valence-corrected chi connectivity index (χ0v) is 18.6. The molecule has 0 aliphatic carbocycles. The van der Waals surface area contributed by atoms with Crippen molar-refractivity contribution < 1.29 is 17.9 Å². The summed E-state index contributed by atoms with van der Waals surface area (Å²) < 4.78 is 33.7. The highest BCUT2D eigenvalue weighted by molar-refractivity contribution is 7.92. The lowest BCUT2D eigenvalue weighted by Gasteiger charge is -2.17. The molecule has 0 aliphatic rings. The Bertz CT molecular complexity index is 1160. The zero-order valence-electron chi connectivity index (χ0n) is 17.8. The van der Waals surface area contributed by atoms with E-state index in [0.717, 1.165) is 17.5 Å². The molecule has 1 amide bonds. The molecule has 3 rings (SSSR count). The first-order valence-electron chi connectivity index (χ1n) is 10.0. The third-order valence-corrected chi connectivity index (χ3v) is 6.23. The predicted octanol–water partition coefficient (Wildman–Crippen LogP) is 4.76. The highest BCUT2D eigenvalue weighted by Gasteiger charge is 2.18. The van der Waals surface area contributed by atoms with Crippen LogP contribution in [-0.4, -0.2) is 20.4 Å².